The van der Waals surface area contributed by atoms with Crippen LogP contribution in [-0.4, -0.2) is 18.0 Å². The molecule has 0 fully saturated rings. The van der Waals surface area contributed by atoms with E-state index < -0.39 is 5.97 Å². The topological polar surface area (TPSA) is 69.4 Å². The molecule has 5 nitrogen and oxygen atoms in total. The molecule has 5 heteroatoms. The smallest absolute Gasteiger partial charge is 0.337 e. The number of fused-ring (bicyclic) bond motifs is 1. The summed E-state index contributed by atoms with van der Waals surface area (Å²) >= 11 is 0. The number of hydrogen-bond acceptors (Lipinski definition) is 4. The zero-order valence-electron chi connectivity index (χ0n) is 12.4. The van der Waals surface area contributed by atoms with Crippen LogP contribution in [-0.2, 0) is 4.74 Å². The van der Waals surface area contributed by atoms with Crippen molar-refractivity contribution in [3.63, 3.8) is 0 Å². The number of nitro groups is 1. The maximum atomic E-state index is 11.6. The van der Waals surface area contributed by atoms with Gasteiger partial charge in [0.1, 0.15) is 0 Å². The molecule has 0 aliphatic carbocycles. The van der Waals surface area contributed by atoms with Gasteiger partial charge in [0.25, 0.3) is 5.69 Å². The third kappa shape index (κ3) is 2.64. The fourth-order valence-electron chi connectivity index (χ4n) is 2.59. The second kappa shape index (κ2) is 5.88. The summed E-state index contributed by atoms with van der Waals surface area (Å²) in [6, 6.07) is 17.3. The first-order valence-electron chi connectivity index (χ1n) is 6.96. The molecule has 0 aliphatic heterocycles. The minimum absolute atomic E-state index is 0.0638. The van der Waals surface area contributed by atoms with E-state index in [1.165, 1.54) is 7.11 Å². The van der Waals surface area contributed by atoms with Gasteiger partial charge < -0.3 is 4.74 Å². The van der Waals surface area contributed by atoms with Crippen LogP contribution in [0, 0.1) is 10.1 Å². The summed E-state index contributed by atoms with van der Waals surface area (Å²) in [5, 5.41) is 13.0. The molecule has 0 heterocycles. The van der Waals surface area contributed by atoms with Crippen molar-refractivity contribution in [2.24, 2.45) is 0 Å². The Bertz CT molecular complexity index is 901. The third-order valence-corrected chi connectivity index (χ3v) is 3.70. The summed E-state index contributed by atoms with van der Waals surface area (Å²) in [4.78, 5) is 22.7. The highest BCUT2D eigenvalue weighted by Gasteiger charge is 2.19. The average molecular weight is 307 g/mol. The van der Waals surface area contributed by atoms with Crippen molar-refractivity contribution in [3.05, 3.63) is 76.3 Å². The lowest BCUT2D eigenvalue weighted by Gasteiger charge is -2.07. The lowest BCUT2D eigenvalue weighted by atomic mass is 9.98. The number of carbonyl (C=O) groups is 1. The van der Waals surface area contributed by atoms with Crippen LogP contribution in [0.4, 0.5) is 5.69 Å². The number of benzene rings is 3. The minimum atomic E-state index is -0.440. The Morgan fingerprint density at radius 1 is 1.00 bits per heavy atom. The van der Waals surface area contributed by atoms with E-state index in [-0.39, 0.29) is 10.6 Å². The molecule has 3 aromatic rings. The maximum Gasteiger partial charge on any atom is 0.337 e. The predicted molar refractivity (Wildman–Crippen MR) is 87.4 cm³/mol. The summed E-state index contributed by atoms with van der Waals surface area (Å²) in [7, 11) is 1.31. The molecular formula is C18H13NO4. The van der Waals surface area contributed by atoms with Crippen LogP contribution in [0.25, 0.3) is 21.9 Å². The van der Waals surface area contributed by atoms with Crippen molar-refractivity contribution in [1.82, 2.24) is 0 Å². The maximum absolute atomic E-state index is 11.6. The lowest BCUT2D eigenvalue weighted by Crippen LogP contribution is -2.00. The molecule has 114 valence electrons. The molecule has 0 unspecified atom stereocenters. The molecule has 23 heavy (non-hydrogen) atoms. The van der Waals surface area contributed by atoms with Crippen LogP contribution in [0.2, 0.25) is 0 Å². The highest BCUT2D eigenvalue weighted by molar-refractivity contribution is 5.98. The number of hydrogen-bond donors (Lipinski definition) is 0. The van der Waals surface area contributed by atoms with Crippen LogP contribution < -0.4 is 0 Å². The highest BCUT2D eigenvalue weighted by Crippen LogP contribution is 2.36. The van der Waals surface area contributed by atoms with Crippen molar-refractivity contribution in [2.45, 2.75) is 0 Å². The zero-order valence-corrected chi connectivity index (χ0v) is 12.4. The van der Waals surface area contributed by atoms with Crippen LogP contribution in [0.5, 0.6) is 0 Å². The van der Waals surface area contributed by atoms with E-state index in [2.05, 4.69) is 4.74 Å². The Hall–Kier alpha value is -3.21. The van der Waals surface area contributed by atoms with E-state index in [1.54, 1.807) is 42.5 Å². The molecular weight excluding hydrogens is 294 g/mol. The molecule has 0 aliphatic rings. The number of methoxy groups -OCH3 is 1. The van der Waals surface area contributed by atoms with Crippen LogP contribution in [0.3, 0.4) is 0 Å². The lowest BCUT2D eigenvalue weighted by molar-refractivity contribution is -0.382. The van der Waals surface area contributed by atoms with E-state index in [9.17, 15) is 14.9 Å². The van der Waals surface area contributed by atoms with Crippen LogP contribution in [0.1, 0.15) is 10.4 Å². The Balaban J connectivity index is 2.18. The van der Waals surface area contributed by atoms with Crippen LogP contribution in [0.15, 0.2) is 60.7 Å². The summed E-state index contributed by atoms with van der Waals surface area (Å²) in [5.41, 5.74) is 1.66. The Morgan fingerprint density at radius 2 is 1.70 bits per heavy atom. The number of rotatable bonds is 3. The number of esters is 1. The molecule has 0 N–H and O–H groups in total. The van der Waals surface area contributed by atoms with Gasteiger partial charge in [0.05, 0.1) is 28.5 Å². The molecule has 0 saturated heterocycles. The van der Waals surface area contributed by atoms with Gasteiger partial charge in [-0.15, -0.1) is 0 Å². The minimum Gasteiger partial charge on any atom is -0.465 e. The molecule has 0 aromatic heterocycles. The molecule has 0 spiro atoms. The van der Waals surface area contributed by atoms with E-state index in [4.69, 9.17) is 0 Å². The fourth-order valence-corrected chi connectivity index (χ4v) is 2.59. The van der Waals surface area contributed by atoms with Gasteiger partial charge in [-0.2, -0.15) is 0 Å². The molecule has 0 amide bonds. The molecule has 0 radical (unpaired) electrons. The molecule has 3 aromatic carbocycles. The first kappa shape index (κ1) is 14.7. The number of nitro benzene ring substituents is 1. The van der Waals surface area contributed by atoms with E-state index in [0.29, 0.717) is 22.1 Å². The standard InChI is InChI=1S/C18H13NO4/c1-23-18(20)14-8-6-13(7-9-14)16-11-10-12-4-2-3-5-15(12)17(16)19(21)22/h2-11H,1H3. The predicted octanol–water partition coefficient (Wildman–Crippen LogP) is 4.20. The van der Waals surface area contributed by atoms with Gasteiger partial charge in [-0.3, -0.25) is 10.1 Å². The Labute approximate surface area is 132 Å². The van der Waals surface area contributed by atoms with Gasteiger partial charge in [-0.05, 0) is 35.2 Å². The normalized spacial score (nSPS) is 10.5. The quantitative estimate of drug-likeness (QED) is 0.413. The van der Waals surface area contributed by atoms with Gasteiger partial charge in [0.15, 0.2) is 0 Å². The summed E-state index contributed by atoms with van der Waals surface area (Å²) in [5.74, 6) is -0.440. The second-order valence-corrected chi connectivity index (χ2v) is 5.01. The number of nitrogens with zero attached hydrogens (tertiary/aromatic N) is 1. The molecule has 3 rings (SSSR count). The van der Waals surface area contributed by atoms with Gasteiger partial charge >= 0.3 is 5.97 Å². The van der Waals surface area contributed by atoms with Crippen molar-refractivity contribution in [2.75, 3.05) is 7.11 Å². The number of carbonyl (C=O) groups excluding carboxylic acids is 1. The van der Waals surface area contributed by atoms with E-state index >= 15 is 0 Å². The second-order valence-electron chi connectivity index (χ2n) is 5.01. The van der Waals surface area contributed by atoms with E-state index in [0.717, 1.165) is 5.39 Å². The summed E-state index contributed by atoms with van der Waals surface area (Å²) in [6.07, 6.45) is 0. The van der Waals surface area contributed by atoms with E-state index in [1.807, 2.05) is 18.2 Å². The van der Waals surface area contributed by atoms with Gasteiger partial charge in [0.2, 0.25) is 0 Å². The van der Waals surface area contributed by atoms with Crippen LogP contribution >= 0.6 is 0 Å². The highest BCUT2D eigenvalue weighted by atomic mass is 16.6. The summed E-state index contributed by atoms with van der Waals surface area (Å²) < 4.78 is 4.65. The summed E-state index contributed by atoms with van der Waals surface area (Å²) in [6.45, 7) is 0. The van der Waals surface area contributed by atoms with Gasteiger partial charge in [-0.25, -0.2) is 4.79 Å². The zero-order chi connectivity index (χ0) is 16.4. The van der Waals surface area contributed by atoms with Crippen molar-refractivity contribution in [1.29, 1.82) is 0 Å². The van der Waals surface area contributed by atoms with Crippen molar-refractivity contribution in [3.8, 4) is 11.1 Å². The van der Waals surface area contributed by atoms with Crippen molar-refractivity contribution >= 4 is 22.4 Å². The first-order valence-corrected chi connectivity index (χ1v) is 6.96. The molecule has 0 atom stereocenters. The monoisotopic (exact) mass is 307 g/mol. The molecule has 0 bridgehead atoms. The van der Waals surface area contributed by atoms with Crippen molar-refractivity contribution < 1.29 is 14.5 Å². The first-order chi connectivity index (χ1) is 11.1. The third-order valence-electron chi connectivity index (χ3n) is 3.70. The molecule has 0 saturated carbocycles. The Kier molecular flexibility index (Phi) is 3.76. The SMILES string of the molecule is COC(=O)c1ccc(-c2ccc3ccccc3c2[N+](=O)[O-])cc1. The Morgan fingerprint density at radius 3 is 2.35 bits per heavy atom. The average Bonchev–Trinajstić information content (AvgIpc) is 2.60. The number of ether oxygens (including phenoxy) is 1. The van der Waals surface area contributed by atoms with Gasteiger partial charge in [-0.1, -0.05) is 36.4 Å². The van der Waals surface area contributed by atoms with Gasteiger partial charge in [0, 0.05) is 0 Å². The fraction of sp³-hybridized carbons (Fsp3) is 0.0556. The largest absolute Gasteiger partial charge is 0.465 e.